The number of urea groups is 1. The first-order chi connectivity index (χ1) is 30.9. The van der Waals surface area contributed by atoms with E-state index in [1.165, 1.54) is 21.2 Å². The van der Waals surface area contributed by atoms with Crippen molar-refractivity contribution < 1.29 is 28.7 Å². The smallest absolute Gasteiger partial charge is 0.323 e. The maximum atomic E-state index is 14.8. The number of ether oxygens (including phenoxy) is 2. The van der Waals surface area contributed by atoms with E-state index >= 15 is 0 Å². The van der Waals surface area contributed by atoms with Crippen molar-refractivity contribution in [2.24, 2.45) is 11.3 Å². The van der Waals surface area contributed by atoms with Crippen molar-refractivity contribution in [1.29, 1.82) is 0 Å². The van der Waals surface area contributed by atoms with Crippen molar-refractivity contribution >= 4 is 56.3 Å². The van der Waals surface area contributed by atoms with Crippen molar-refractivity contribution in [2.45, 2.75) is 116 Å². The van der Waals surface area contributed by atoms with E-state index in [2.05, 4.69) is 65.2 Å². The number of likely N-dealkylation sites (tertiary alicyclic amines) is 1. The number of likely N-dealkylation sites (N-methyl/N-ethyl adjacent to an activating group) is 2. The fourth-order valence-electron chi connectivity index (χ4n) is 10.0. The van der Waals surface area contributed by atoms with E-state index in [4.69, 9.17) is 19.4 Å². The summed E-state index contributed by atoms with van der Waals surface area (Å²) in [6, 6.07) is 8.47. The van der Waals surface area contributed by atoms with Crippen LogP contribution in [0.1, 0.15) is 89.6 Å². The minimum absolute atomic E-state index is 0.0544. The molecule has 2 saturated heterocycles. The number of cyclic esters (lactones) is 1. The number of benzene rings is 1. The molecule has 0 unspecified atom stereocenters. The van der Waals surface area contributed by atoms with Gasteiger partial charge in [-0.15, -0.1) is 11.3 Å². The molecule has 2 N–H and O–H groups in total. The highest BCUT2D eigenvalue weighted by Gasteiger charge is 2.44. The number of fused-ring (bicyclic) bond motifs is 6. The van der Waals surface area contributed by atoms with Gasteiger partial charge in [0.25, 0.3) is 5.91 Å². The molecular weight excluding hydrogens is 859 g/mol. The van der Waals surface area contributed by atoms with Crippen LogP contribution in [-0.2, 0) is 43.2 Å². The zero-order valence-corrected chi connectivity index (χ0v) is 43.0. The van der Waals surface area contributed by atoms with Crippen molar-refractivity contribution in [3.05, 3.63) is 58.2 Å². The van der Waals surface area contributed by atoms with Gasteiger partial charge in [-0.05, 0) is 95.8 Å². The number of carbonyl (C=O) groups is 4. The number of hydrogen-bond donors (Lipinski definition) is 2. The molecule has 0 radical (unpaired) electrons. The lowest BCUT2D eigenvalue weighted by Gasteiger charge is -2.42. The fraction of sp³-hybridized carbons (Fsp3) is 0.583. The normalized spacial score (nSPS) is 22.6. The van der Waals surface area contributed by atoms with Crippen LogP contribution in [0.25, 0.3) is 33.4 Å². The molecule has 352 valence electrons. The molecule has 3 aliphatic heterocycles. The number of aromatic nitrogens is 3. The molecule has 4 aromatic rings. The first-order valence-electron chi connectivity index (χ1n) is 23.2. The Morgan fingerprint density at radius 2 is 1.89 bits per heavy atom. The minimum Gasteiger partial charge on any atom is -0.464 e. The van der Waals surface area contributed by atoms with Crippen LogP contribution in [0.5, 0.6) is 0 Å². The van der Waals surface area contributed by atoms with E-state index in [1.807, 2.05) is 51.2 Å². The van der Waals surface area contributed by atoms with Gasteiger partial charge in [-0.2, -0.15) is 0 Å². The maximum absolute atomic E-state index is 14.8. The Labute approximate surface area is 391 Å². The van der Waals surface area contributed by atoms with Crippen LogP contribution in [-0.4, -0.2) is 146 Å². The summed E-state index contributed by atoms with van der Waals surface area (Å²) in [6.07, 6.45) is 5.17. The molecule has 65 heavy (non-hydrogen) atoms. The Balaban J connectivity index is 1.29. The first-order valence-corrected chi connectivity index (χ1v) is 25.1. The predicted octanol–water partition coefficient (Wildman–Crippen LogP) is 5.00. The van der Waals surface area contributed by atoms with Gasteiger partial charge in [0, 0.05) is 102 Å². The Hall–Kier alpha value is -4.68. The number of thiazole rings is 1. The van der Waals surface area contributed by atoms with Gasteiger partial charge in [0.15, 0.2) is 0 Å². The molecule has 0 aliphatic carbocycles. The third-order valence-corrected chi connectivity index (χ3v) is 15.4. The summed E-state index contributed by atoms with van der Waals surface area (Å²) in [5.41, 5.74) is 9.58. The van der Waals surface area contributed by atoms with E-state index in [0.29, 0.717) is 54.1 Å². The lowest BCUT2D eigenvalue weighted by molar-refractivity contribution is -0.158. The van der Waals surface area contributed by atoms with Crippen molar-refractivity contribution in [2.75, 3.05) is 54.5 Å². The van der Waals surface area contributed by atoms with Crippen LogP contribution in [0.2, 0.25) is 0 Å². The molecule has 3 aromatic heterocycles. The van der Waals surface area contributed by atoms with Gasteiger partial charge in [-0.25, -0.2) is 15.2 Å². The Kier molecular flexibility index (Phi) is 14.6. The Morgan fingerprint density at radius 1 is 1.12 bits per heavy atom. The summed E-state index contributed by atoms with van der Waals surface area (Å²) in [5.74, 6) is -1.43. The predicted molar refractivity (Wildman–Crippen MR) is 258 cm³/mol. The van der Waals surface area contributed by atoms with Gasteiger partial charge in [0.05, 0.1) is 34.8 Å². The Morgan fingerprint density at radius 3 is 2.60 bits per heavy atom. The zero-order valence-electron chi connectivity index (χ0n) is 40.2. The Bertz CT molecular complexity index is 2400. The number of carbonyl (C=O) groups excluding carboxylic acids is 4. The lowest BCUT2D eigenvalue weighted by Crippen LogP contribution is -2.67. The largest absolute Gasteiger partial charge is 0.464 e. The van der Waals surface area contributed by atoms with Crippen LogP contribution in [0, 0.1) is 11.3 Å². The number of rotatable bonds is 10. The van der Waals surface area contributed by atoms with Gasteiger partial charge in [-0.3, -0.25) is 24.4 Å². The second-order valence-electron chi connectivity index (χ2n) is 19.8. The van der Waals surface area contributed by atoms with E-state index in [-0.39, 0.29) is 43.0 Å². The summed E-state index contributed by atoms with van der Waals surface area (Å²) in [6.45, 7) is 14.8. The number of hydrazine groups is 1. The van der Waals surface area contributed by atoms with Crippen LogP contribution >= 0.6 is 11.3 Å². The fourth-order valence-corrected chi connectivity index (χ4v) is 11.6. The van der Waals surface area contributed by atoms with Gasteiger partial charge < -0.3 is 34.1 Å². The highest BCUT2D eigenvalue weighted by atomic mass is 32.1. The summed E-state index contributed by atoms with van der Waals surface area (Å²) in [7, 11) is 7.74. The number of pyridine rings is 1. The first kappa shape index (κ1) is 48.3. The van der Waals surface area contributed by atoms with Crippen LogP contribution in [0.15, 0.2) is 41.9 Å². The summed E-state index contributed by atoms with van der Waals surface area (Å²) >= 11 is 1.44. The van der Waals surface area contributed by atoms with E-state index < -0.39 is 34.5 Å². The molecule has 7 rings (SSSR count). The third kappa shape index (κ3) is 10.0. The average Bonchev–Trinajstić information content (AvgIpc) is 4.01. The van der Waals surface area contributed by atoms with Crippen molar-refractivity contribution in [1.82, 2.24) is 45.0 Å². The number of nitrogens with one attached hydrogen (secondary N) is 2. The molecule has 6 heterocycles. The van der Waals surface area contributed by atoms with Crippen LogP contribution < -0.4 is 10.7 Å². The number of nitrogens with zero attached hydrogens (tertiary/aromatic N) is 7. The number of methoxy groups -OCH3 is 1. The molecule has 17 heteroatoms. The second kappa shape index (κ2) is 19.7. The van der Waals surface area contributed by atoms with E-state index in [0.717, 1.165) is 64.1 Å². The molecule has 4 amide bonds. The molecule has 0 spiro atoms. The SMILES string of the molecule is CCn1c(-c2cccnc2[C@H](C)OC)c2c3cc(ccc31)-c1csc(n1)C[C@H](NC(=O)[C@H](C(C)C)N(C)C(=O)N1CCC[C@H]1CN(C)C)C(=O)N1CCC[C@@]([SiH3])(N1)C(=O)OCC(C)(C)C2. The topological polar surface area (TPSA) is 154 Å². The molecule has 6 bridgehead atoms. The molecule has 5 atom stereocenters. The number of amides is 4. The molecule has 2 fully saturated rings. The third-order valence-electron chi connectivity index (χ3n) is 13.4. The molecule has 3 aliphatic rings. The van der Waals surface area contributed by atoms with E-state index in [1.54, 1.807) is 20.4 Å². The van der Waals surface area contributed by atoms with Crippen molar-refractivity contribution in [3.63, 3.8) is 0 Å². The zero-order chi connectivity index (χ0) is 47.0. The summed E-state index contributed by atoms with van der Waals surface area (Å²) < 4.78 is 14.4. The van der Waals surface area contributed by atoms with Crippen molar-refractivity contribution in [3.8, 4) is 22.5 Å². The van der Waals surface area contributed by atoms with Gasteiger partial charge in [0.1, 0.15) is 17.2 Å². The summed E-state index contributed by atoms with van der Waals surface area (Å²) in [4.78, 5) is 73.1. The number of esters is 1. The summed E-state index contributed by atoms with van der Waals surface area (Å²) in [5, 5.41) is 7.27. The van der Waals surface area contributed by atoms with E-state index in [9.17, 15) is 19.2 Å². The second-order valence-corrected chi connectivity index (χ2v) is 22.4. The molecular formula is C48H69N9O6SSi. The molecule has 15 nitrogen and oxygen atoms in total. The quantitative estimate of drug-likeness (QED) is 0.164. The highest BCUT2D eigenvalue weighted by molar-refractivity contribution is 7.10. The monoisotopic (exact) mass is 927 g/mol. The van der Waals surface area contributed by atoms with Gasteiger partial charge in [-0.1, -0.05) is 33.8 Å². The standard InChI is InChI=1S/C48H69N9O6SSi/c1-11-55-38-18-17-31-23-34(38)35(42(55)33-16-12-20-49-40(33)30(4)62-10)25-47(5,6)28-63-45(60)48(65)19-14-22-57(52-48)44(59)36(24-39-50-37(31)27-64-39)51-43(58)41(29(2)3)54(9)46(61)56-21-13-15-32(56)26-53(7)8/h12,16-18,20,23,27,29-30,32,36,41,52H,11,13-15,19,21-22,24-26,28H2,1-10,65H3,(H,51,58)/t30-,32-,36-,41-,48-/m0/s1. The number of hydrogen-bond acceptors (Lipinski definition) is 11. The van der Waals surface area contributed by atoms with Crippen LogP contribution in [0.4, 0.5) is 4.79 Å². The van der Waals surface area contributed by atoms with Gasteiger partial charge >= 0.3 is 12.0 Å². The maximum Gasteiger partial charge on any atom is 0.323 e. The highest BCUT2D eigenvalue weighted by Crippen LogP contribution is 2.42. The van der Waals surface area contributed by atoms with Crippen LogP contribution in [0.3, 0.4) is 0 Å². The average molecular weight is 928 g/mol. The minimum atomic E-state index is -1.07. The number of aryl methyl sites for hydroxylation is 1. The van der Waals surface area contributed by atoms with Gasteiger partial charge in [0.2, 0.25) is 5.91 Å². The lowest BCUT2D eigenvalue weighted by atomic mass is 9.84. The molecule has 1 aromatic carbocycles. The molecule has 0 saturated carbocycles.